The highest BCUT2D eigenvalue weighted by Crippen LogP contribution is 2.35. The predicted octanol–water partition coefficient (Wildman–Crippen LogP) is 8.20. The molecule has 0 aliphatic carbocycles. The van der Waals surface area contributed by atoms with Gasteiger partial charge in [-0.05, 0) is 53.7 Å². The summed E-state index contributed by atoms with van der Waals surface area (Å²) in [4.78, 5) is 0. The summed E-state index contributed by atoms with van der Waals surface area (Å²) in [6.45, 7) is 0. The lowest BCUT2D eigenvalue weighted by Gasteiger charge is -2.17. The quantitative estimate of drug-likeness (QED) is 0.0744. The smallest absolute Gasteiger partial charge is 0.138 e. The van der Waals surface area contributed by atoms with Gasteiger partial charge in [-0.3, -0.25) is 5.43 Å². The topological polar surface area (TPSA) is 108 Å². The van der Waals surface area contributed by atoms with E-state index in [-0.39, 0.29) is 16.7 Å². The fourth-order valence-electron chi connectivity index (χ4n) is 3.63. The molecule has 0 spiro atoms. The minimum Gasteiger partial charge on any atom is -0.349 e. The second-order valence-corrected chi connectivity index (χ2v) is 9.59. The lowest BCUT2D eigenvalue weighted by Crippen LogP contribution is -2.08. The van der Waals surface area contributed by atoms with Crippen molar-refractivity contribution in [2.24, 2.45) is 5.10 Å². The van der Waals surface area contributed by atoms with E-state index in [0.717, 1.165) is 11.3 Å². The van der Waals surface area contributed by atoms with Crippen LogP contribution in [0.2, 0.25) is 5.02 Å². The molecule has 0 atom stereocenters. The van der Waals surface area contributed by atoms with E-state index in [0.29, 0.717) is 26.3 Å². The van der Waals surface area contributed by atoms with Crippen molar-refractivity contribution in [2.75, 3.05) is 10.7 Å². The molecule has 40 heavy (non-hydrogen) atoms. The number of para-hydroxylation sites is 2. The molecule has 8 heteroatoms. The number of halogens is 1. The summed E-state index contributed by atoms with van der Waals surface area (Å²) in [6.07, 6.45) is 0. The number of hydrogen-bond acceptors (Lipinski definition) is 7. The number of hydrazone groups is 1. The Morgan fingerprint density at radius 2 is 1.20 bits per heavy atom. The Morgan fingerprint density at radius 3 is 1.75 bits per heavy atom. The van der Waals surface area contributed by atoms with Crippen LogP contribution in [0, 0.1) is 34.0 Å². The van der Waals surface area contributed by atoms with Crippen molar-refractivity contribution in [1.82, 2.24) is 0 Å². The molecule has 0 aliphatic rings. The van der Waals surface area contributed by atoms with Crippen LogP contribution in [0.4, 0.5) is 11.4 Å². The standard InChI is InChI=1S/C32H21ClN6S/c33-26-18-16-24(17-19-26)31(39-38-28-14-8-3-9-15-28)40-32(37-27-12-6-2-7-13-27)29(22-36)30(25(20-34)21-35)23-10-4-1-5-11-23/h1-19,37-38H/b32-29+,39-31-. The van der Waals surface area contributed by atoms with Crippen molar-refractivity contribution in [3.05, 3.63) is 148 Å². The van der Waals surface area contributed by atoms with Gasteiger partial charge in [0.25, 0.3) is 0 Å². The van der Waals surface area contributed by atoms with E-state index in [1.54, 1.807) is 36.4 Å². The number of nitrogens with zero attached hydrogens (tertiary/aromatic N) is 4. The molecule has 0 bridgehead atoms. The molecule has 4 aromatic carbocycles. The highest BCUT2D eigenvalue weighted by atomic mass is 35.5. The van der Waals surface area contributed by atoms with E-state index in [4.69, 9.17) is 11.6 Å². The van der Waals surface area contributed by atoms with Crippen LogP contribution in [-0.2, 0) is 0 Å². The monoisotopic (exact) mass is 556 g/mol. The van der Waals surface area contributed by atoms with E-state index in [2.05, 4.69) is 21.9 Å². The Bertz CT molecular complexity index is 1660. The van der Waals surface area contributed by atoms with E-state index in [1.807, 2.05) is 91.0 Å². The Balaban J connectivity index is 1.93. The molecule has 0 aromatic heterocycles. The van der Waals surface area contributed by atoms with Gasteiger partial charge in [0.1, 0.15) is 28.8 Å². The zero-order valence-electron chi connectivity index (χ0n) is 21.0. The number of nitriles is 3. The third-order valence-electron chi connectivity index (χ3n) is 5.51. The zero-order chi connectivity index (χ0) is 28.2. The molecule has 4 rings (SSSR count). The Hall–Kier alpha value is -5.26. The fraction of sp³-hybridized carbons (Fsp3) is 0. The van der Waals surface area contributed by atoms with Gasteiger partial charge < -0.3 is 5.32 Å². The van der Waals surface area contributed by atoms with Crippen LogP contribution < -0.4 is 10.7 Å². The highest BCUT2D eigenvalue weighted by Gasteiger charge is 2.22. The SMILES string of the molecule is N#CC(C#N)=C(/C(C#N)=C(\Nc1ccccc1)S/C(=N\Nc1ccccc1)c1ccc(Cl)cc1)c1ccccc1. The molecule has 4 aromatic rings. The fourth-order valence-corrected chi connectivity index (χ4v) is 4.71. The molecule has 2 N–H and O–H groups in total. The Labute approximate surface area is 242 Å². The van der Waals surface area contributed by atoms with Gasteiger partial charge in [0.05, 0.1) is 16.3 Å². The summed E-state index contributed by atoms with van der Waals surface area (Å²) < 4.78 is 0. The first-order valence-corrected chi connectivity index (χ1v) is 13.2. The van der Waals surface area contributed by atoms with Crippen LogP contribution >= 0.6 is 23.4 Å². The average molecular weight is 557 g/mol. The van der Waals surface area contributed by atoms with Crippen LogP contribution in [0.5, 0.6) is 0 Å². The average Bonchev–Trinajstić information content (AvgIpc) is 3.01. The minimum atomic E-state index is -0.178. The van der Waals surface area contributed by atoms with Gasteiger partial charge in [-0.25, -0.2) is 0 Å². The number of benzene rings is 4. The van der Waals surface area contributed by atoms with Gasteiger partial charge in [0.15, 0.2) is 0 Å². The molecule has 0 fully saturated rings. The molecule has 0 aliphatic heterocycles. The summed E-state index contributed by atoms with van der Waals surface area (Å²) in [5.41, 5.74) is 6.05. The van der Waals surface area contributed by atoms with Crippen molar-refractivity contribution in [2.45, 2.75) is 0 Å². The number of nitrogens with one attached hydrogen (secondary N) is 2. The summed E-state index contributed by atoms with van der Waals surface area (Å²) in [5, 5.41) is 39.6. The van der Waals surface area contributed by atoms with Gasteiger partial charge in [-0.2, -0.15) is 20.9 Å². The highest BCUT2D eigenvalue weighted by molar-refractivity contribution is 8.17. The zero-order valence-corrected chi connectivity index (χ0v) is 22.6. The molecule has 0 radical (unpaired) electrons. The first kappa shape index (κ1) is 27.8. The largest absolute Gasteiger partial charge is 0.349 e. The van der Waals surface area contributed by atoms with E-state index in [1.165, 1.54) is 11.8 Å². The lowest BCUT2D eigenvalue weighted by atomic mass is 9.94. The van der Waals surface area contributed by atoms with Gasteiger partial charge in [-0.15, -0.1) is 0 Å². The van der Waals surface area contributed by atoms with Crippen LogP contribution in [0.1, 0.15) is 11.1 Å². The third-order valence-corrected chi connectivity index (χ3v) is 6.79. The summed E-state index contributed by atoms with van der Waals surface area (Å²) >= 11 is 7.35. The third kappa shape index (κ3) is 7.19. The van der Waals surface area contributed by atoms with Crippen LogP contribution in [0.3, 0.4) is 0 Å². The second kappa shape index (κ2) is 14.0. The Morgan fingerprint density at radius 1 is 0.650 bits per heavy atom. The molecule has 0 saturated carbocycles. The van der Waals surface area contributed by atoms with Crippen molar-refractivity contribution in [1.29, 1.82) is 15.8 Å². The second-order valence-electron chi connectivity index (χ2n) is 8.15. The number of allylic oxidation sites excluding steroid dienone is 3. The van der Waals surface area contributed by atoms with Gasteiger partial charge in [0, 0.05) is 21.8 Å². The van der Waals surface area contributed by atoms with E-state index in [9.17, 15) is 15.8 Å². The molecule has 0 amide bonds. The Kier molecular flexibility index (Phi) is 9.75. The van der Waals surface area contributed by atoms with Crippen molar-refractivity contribution < 1.29 is 0 Å². The summed E-state index contributed by atoms with van der Waals surface area (Å²) in [6, 6.07) is 41.1. The van der Waals surface area contributed by atoms with Gasteiger partial charge >= 0.3 is 0 Å². The van der Waals surface area contributed by atoms with E-state index < -0.39 is 0 Å². The molecule has 0 heterocycles. The molecule has 192 valence electrons. The lowest BCUT2D eigenvalue weighted by molar-refractivity contribution is 1.34. The molecular formula is C32H21ClN6S. The summed E-state index contributed by atoms with van der Waals surface area (Å²) in [5.74, 6) is 0. The predicted molar refractivity (Wildman–Crippen MR) is 163 cm³/mol. The molecule has 0 unspecified atom stereocenters. The van der Waals surface area contributed by atoms with E-state index >= 15 is 0 Å². The van der Waals surface area contributed by atoms with Gasteiger partial charge in [-0.1, -0.05) is 90.5 Å². The minimum absolute atomic E-state index is 0.125. The first-order valence-electron chi connectivity index (χ1n) is 12.0. The number of thioether (sulfide) groups is 1. The molecule has 6 nitrogen and oxygen atoms in total. The molecule has 0 saturated heterocycles. The molecular weight excluding hydrogens is 536 g/mol. The van der Waals surface area contributed by atoms with Crippen molar-refractivity contribution in [3.63, 3.8) is 0 Å². The van der Waals surface area contributed by atoms with Crippen molar-refractivity contribution >= 4 is 45.4 Å². The normalized spacial score (nSPS) is 11.2. The maximum atomic E-state index is 10.5. The maximum Gasteiger partial charge on any atom is 0.138 e. The van der Waals surface area contributed by atoms with Crippen LogP contribution in [0.15, 0.2) is 137 Å². The maximum absolute atomic E-state index is 10.5. The number of hydrogen-bond donors (Lipinski definition) is 2. The van der Waals surface area contributed by atoms with Crippen LogP contribution in [-0.4, -0.2) is 5.04 Å². The van der Waals surface area contributed by atoms with Crippen LogP contribution in [0.25, 0.3) is 5.57 Å². The number of anilines is 2. The first-order chi connectivity index (χ1) is 19.6. The van der Waals surface area contributed by atoms with Gasteiger partial charge in [0.2, 0.25) is 0 Å². The summed E-state index contributed by atoms with van der Waals surface area (Å²) in [7, 11) is 0. The number of rotatable bonds is 8. The van der Waals surface area contributed by atoms with Crippen molar-refractivity contribution in [3.8, 4) is 18.2 Å².